The number of aryl methyl sites for hydroxylation is 2. The third kappa shape index (κ3) is 4.12. The van der Waals surface area contributed by atoms with Crippen LogP contribution in [0.3, 0.4) is 0 Å². The van der Waals surface area contributed by atoms with Gasteiger partial charge in [0.15, 0.2) is 0 Å². The first kappa shape index (κ1) is 16.9. The molecule has 2 aromatic carbocycles. The quantitative estimate of drug-likeness (QED) is 0.427. The summed E-state index contributed by atoms with van der Waals surface area (Å²) in [5, 5.41) is 12.4. The molecule has 3 aromatic rings. The number of hydrogen-bond donors (Lipinski definition) is 0. The highest BCUT2D eigenvalue weighted by molar-refractivity contribution is 7.10. The van der Waals surface area contributed by atoms with Crippen LogP contribution in [-0.2, 0) is 0 Å². The van der Waals surface area contributed by atoms with Gasteiger partial charge in [0.25, 0.3) is 0 Å². The minimum atomic E-state index is 0.661. The van der Waals surface area contributed by atoms with E-state index in [4.69, 9.17) is 0 Å². The highest BCUT2D eigenvalue weighted by Gasteiger charge is 2.04. The van der Waals surface area contributed by atoms with E-state index in [0.29, 0.717) is 5.57 Å². The standard InChI is InChI=1S/C22H18N2S/c1-16-11-12-20(17(2)13-16)19(14-23)9-6-10-22-24-21(15-25-22)18-7-4-3-5-8-18/h3-13,15H,1-2H3. The van der Waals surface area contributed by atoms with Gasteiger partial charge >= 0.3 is 0 Å². The molecule has 0 aliphatic carbocycles. The fourth-order valence-corrected chi connectivity index (χ4v) is 3.36. The van der Waals surface area contributed by atoms with Crippen molar-refractivity contribution < 1.29 is 0 Å². The molecule has 0 atom stereocenters. The number of thiazole rings is 1. The van der Waals surface area contributed by atoms with E-state index in [9.17, 15) is 5.26 Å². The fraction of sp³-hybridized carbons (Fsp3) is 0.0909. The summed E-state index contributed by atoms with van der Waals surface area (Å²) in [6.45, 7) is 4.09. The van der Waals surface area contributed by atoms with Gasteiger partial charge in [-0.1, -0.05) is 60.2 Å². The summed E-state index contributed by atoms with van der Waals surface area (Å²) in [7, 11) is 0. The molecule has 0 fully saturated rings. The lowest BCUT2D eigenvalue weighted by molar-refractivity contribution is 1.36. The van der Waals surface area contributed by atoms with Crippen molar-refractivity contribution in [3.05, 3.63) is 87.8 Å². The van der Waals surface area contributed by atoms with Gasteiger partial charge in [-0.15, -0.1) is 11.3 Å². The summed E-state index contributed by atoms with van der Waals surface area (Å²) in [6.07, 6.45) is 5.69. The topological polar surface area (TPSA) is 36.7 Å². The lowest BCUT2D eigenvalue weighted by atomic mass is 9.99. The van der Waals surface area contributed by atoms with Crippen molar-refractivity contribution in [2.45, 2.75) is 13.8 Å². The number of allylic oxidation sites excluding steroid dienone is 3. The molecule has 0 amide bonds. The maximum absolute atomic E-state index is 9.46. The Balaban J connectivity index is 1.80. The van der Waals surface area contributed by atoms with Crippen molar-refractivity contribution in [2.24, 2.45) is 0 Å². The van der Waals surface area contributed by atoms with E-state index in [1.54, 1.807) is 11.3 Å². The molecule has 0 aliphatic rings. The van der Waals surface area contributed by atoms with Crippen LogP contribution in [0.25, 0.3) is 22.9 Å². The number of nitrogens with zero attached hydrogens (tertiary/aromatic N) is 2. The summed E-state index contributed by atoms with van der Waals surface area (Å²) >= 11 is 1.59. The molecule has 0 spiro atoms. The van der Waals surface area contributed by atoms with Crippen molar-refractivity contribution in [2.75, 3.05) is 0 Å². The van der Waals surface area contributed by atoms with Gasteiger partial charge in [0.1, 0.15) is 5.01 Å². The molecule has 1 aromatic heterocycles. The van der Waals surface area contributed by atoms with Crippen LogP contribution in [0, 0.1) is 25.2 Å². The minimum Gasteiger partial charge on any atom is -0.237 e. The molecule has 0 N–H and O–H groups in total. The maximum atomic E-state index is 9.46. The Morgan fingerprint density at radius 3 is 2.64 bits per heavy atom. The van der Waals surface area contributed by atoms with Gasteiger partial charge in [-0.25, -0.2) is 4.98 Å². The predicted molar refractivity (Wildman–Crippen MR) is 106 cm³/mol. The van der Waals surface area contributed by atoms with Crippen molar-refractivity contribution in [1.29, 1.82) is 5.26 Å². The zero-order valence-corrected chi connectivity index (χ0v) is 15.0. The molecule has 0 unspecified atom stereocenters. The summed E-state index contributed by atoms with van der Waals surface area (Å²) < 4.78 is 0. The van der Waals surface area contributed by atoms with Gasteiger partial charge in [0, 0.05) is 10.9 Å². The molecular formula is C22H18N2S. The summed E-state index contributed by atoms with van der Waals surface area (Å²) in [4.78, 5) is 4.62. The number of nitriles is 1. The Hall–Kier alpha value is -2.96. The van der Waals surface area contributed by atoms with Crippen LogP contribution in [0.5, 0.6) is 0 Å². The second-order valence-corrected chi connectivity index (χ2v) is 6.70. The summed E-state index contributed by atoms with van der Waals surface area (Å²) in [5.41, 5.74) is 6.04. The fourth-order valence-electron chi connectivity index (χ4n) is 2.64. The van der Waals surface area contributed by atoms with Crippen molar-refractivity contribution in [3.8, 4) is 17.3 Å². The summed E-state index contributed by atoms with van der Waals surface area (Å²) in [5.74, 6) is 0. The molecule has 0 bridgehead atoms. The van der Waals surface area contributed by atoms with Crippen LogP contribution in [0.15, 0.2) is 66.1 Å². The molecule has 0 radical (unpaired) electrons. The monoisotopic (exact) mass is 342 g/mol. The molecule has 25 heavy (non-hydrogen) atoms. The first-order valence-corrected chi connectivity index (χ1v) is 8.92. The second-order valence-electron chi connectivity index (χ2n) is 5.81. The van der Waals surface area contributed by atoms with Crippen LogP contribution in [0.1, 0.15) is 21.7 Å². The van der Waals surface area contributed by atoms with E-state index in [2.05, 4.69) is 36.2 Å². The van der Waals surface area contributed by atoms with Crippen LogP contribution in [0.2, 0.25) is 0 Å². The van der Waals surface area contributed by atoms with E-state index in [1.165, 1.54) is 5.56 Å². The average molecular weight is 342 g/mol. The zero-order chi connectivity index (χ0) is 17.6. The third-order valence-electron chi connectivity index (χ3n) is 3.89. The number of rotatable bonds is 4. The van der Waals surface area contributed by atoms with Crippen LogP contribution in [0.4, 0.5) is 0 Å². The van der Waals surface area contributed by atoms with E-state index in [1.807, 2.05) is 60.9 Å². The average Bonchev–Trinajstić information content (AvgIpc) is 3.09. The first-order chi connectivity index (χ1) is 12.2. The second kappa shape index (κ2) is 7.74. The van der Waals surface area contributed by atoms with E-state index < -0.39 is 0 Å². The molecule has 0 aliphatic heterocycles. The van der Waals surface area contributed by atoms with Gasteiger partial charge in [-0.05, 0) is 37.1 Å². The molecule has 3 rings (SSSR count). The van der Waals surface area contributed by atoms with Crippen LogP contribution in [-0.4, -0.2) is 4.98 Å². The molecule has 1 heterocycles. The number of hydrogen-bond acceptors (Lipinski definition) is 3. The van der Waals surface area contributed by atoms with Gasteiger partial charge in [-0.2, -0.15) is 5.26 Å². The van der Waals surface area contributed by atoms with Crippen molar-refractivity contribution in [3.63, 3.8) is 0 Å². The maximum Gasteiger partial charge on any atom is 0.116 e. The van der Waals surface area contributed by atoms with Crippen molar-refractivity contribution in [1.82, 2.24) is 4.98 Å². The van der Waals surface area contributed by atoms with Crippen LogP contribution >= 0.6 is 11.3 Å². The highest BCUT2D eigenvalue weighted by Crippen LogP contribution is 2.23. The third-order valence-corrected chi connectivity index (χ3v) is 4.70. The largest absolute Gasteiger partial charge is 0.237 e. The van der Waals surface area contributed by atoms with E-state index in [-0.39, 0.29) is 0 Å². The van der Waals surface area contributed by atoms with Crippen LogP contribution < -0.4 is 0 Å². The number of aromatic nitrogens is 1. The molecule has 2 nitrogen and oxygen atoms in total. The Morgan fingerprint density at radius 1 is 1.12 bits per heavy atom. The lowest BCUT2D eigenvalue weighted by Gasteiger charge is -2.04. The molecular weight excluding hydrogens is 324 g/mol. The number of benzene rings is 2. The Kier molecular flexibility index (Phi) is 5.23. The highest BCUT2D eigenvalue weighted by atomic mass is 32.1. The van der Waals surface area contributed by atoms with Gasteiger partial charge in [-0.3, -0.25) is 0 Å². The first-order valence-electron chi connectivity index (χ1n) is 8.04. The van der Waals surface area contributed by atoms with Gasteiger partial charge in [0.2, 0.25) is 0 Å². The Labute approximate surface area is 152 Å². The Morgan fingerprint density at radius 2 is 1.92 bits per heavy atom. The molecule has 3 heteroatoms. The normalized spacial score (nSPS) is 11.6. The van der Waals surface area contributed by atoms with E-state index in [0.717, 1.165) is 27.4 Å². The van der Waals surface area contributed by atoms with Gasteiger partial charge < -0.3 is 0 Å². The summed E-state index contributed by atoms with van der Waals surface area (Å²) in [6, 6.07) is 18.5. The van der Waals surface area contributed by atoms with E-state index >= 15 is 0 Å². The smallest absolute Gasteiger partial charge is 0.116 e. The lowest BCUT2D eigenvalue weighted by Crippen LogP contribution is -1.87. The predicted octanol–water partition coefficient (Wildman–Crippen LogP) is 6.05. The minimum absolute atomic E-state index is 0.661. The molecule has 0 saturated heterocycles. The van der Waals surface area contributed by atoms with Crippen molar-refractivity contribution >= 4 is 23.0 Å². The zero-order valence-electron chi connectivity index (χ0n) is 14.2. The van der Waals surface area contributed by atoms with Gasteiger partial charge in [0.05, 0.1) is 17.3 Å². The SMILES string of the molecule is Cc1ccc(C(C#N)=CC=Cc2nc(-c3ccccc3)cs2)c(C)c1. The Bertz CT molecular complexity index is 973. The molecule has 122 valence electrons. The molecule has 0 saturated carbocycles.